The lowest BCUT2D eigenvalue weighted by molar-refractivity contribution is -0.384. The van der Waals surface area contributed by atoms with Gasteiger partial charge < -0.3 is 14.6 Å². The van der Waals surface area contributed by atoms with Crippen LogP contribution in [0.5, 0.6) is 0 Å². The number of ether oxygens (including phenoxy) is 1. The fourth-order valence-electron chi connectivity index (χ4n) is 2.85. The molecule has 1 aromatic carbocycles. The Kier molecular flexibility index (Phi) is 5.74. The number of aromatic nitrogens is 1. The summed E-state index contributed by atoms with van der Waals surface area (Å²) in [5.41, 5.74) is -0.0247. The number of hydrogen-bond acceptors (Lipinski definition) is 6. The van der Waals surface area contributed by atoms with E-state index in [1.807, 2.05) is 0 Å². The summed E-state index contributed by atoms with van der Waals surface area (Å²) in [7, 11) is 0. The van der Waals surface area contributed by atoms with E-state index in [2.05, 4.69) is 4.98 Å². The van der Waals surface area contributed by atoms with Gasteiger partial charge in [-0.15, -0.1) is 0 Å². The fourth-order valence-corrected chi connectivity index (χ4v) is 3.03. The van der Waals surface area contributed by atoms with E-state index in [1.54, 1.807) is 4.90 Å². The van der Waals surface area contributed by atoms with E-state index in [4.69, 9.17) is 16.3 Å². The Morgan fingerprint density at radius 3 is 2.57 bits per heavy atom. The van der Waals surface area contributed by atoms with Crippen LogP contribution in [0, 0.1) is 10.1 Å². The van der Waals surface area contributed by atoms with Crippen LogP contribution in [0.3, 0.4) is 0 Å². The highest BCUT2D eigenvalue weighted by atomic mass is 35.5. The number of aromatic amines is 1. The minimum atomic E-state index is -0.892. The molecule has 9 nitrogen and oxygen atoms in total. The lowest BCUT2D eigenvalue weighted by atomic mass is 10.2. The number of amides is 1. The van der Waals surface area contributed by atoms with Crippen molar-refractivity contribution in [3.05, 3.63) is 62.4 Å². The van der Waals surface area contributed by atoms with Gasteiger partial charge in [-0.3, -0.25) is 19.7 Å². The van der Waals surface area contributed by atoms with Crippen LogP contribution in [0.1, 0.15) is 44.0 Å². The third kappa shape index (κ3) is 4.20. The van der Waals surface area contributed by atoms with Gasteiger partial charge in [-0.2, -0.15) is 0 Å². The molecule has 28 heavy (non-hydrogen) atoms. The second-order valence-corrected chi connectivity index (χ2v) is 6.63. The summed E-state index contributed by atoms with van der Waals surface area (Å²) in [6.45, 7) is 0.808. The quantitative estimate of drug-likeness (QED) is 0.341. The Morgan fingerprint density at radius 1 is 1.18 bits per heavy atom. The van der Waals surface area contributed by atoms with Gasteiger partial charge in [-0.05, 0) is 31.0 Å². The van der Waals surface area contributed by atoms with Crippen LogP contribution in [-0.2, 0) is 4.74 Å². The van der Waals surface area contributed by atoms with E-state index in [9.17, 15) is 24.5 Å². The average molecular weight is 406 g/mol. The molecule has 10 heteroatoms. The summed E-state index contributed by atoms with van der Waals surface area (Å²) < 4.78 is 4.93. The number of nitro groups is 1. The third-order valence-electron chi connectivity index (χ3n) is 4.34. The number of halogens is 1. The Hall–Kier alpha value is -3.20. The molecule has 146 valence electrons. The number of H-pyrrole nitrogens is 1. The van der Waals surface area contributed by atoms with E-state index in [0.717, 1.165) is 18.9 Å². The summed E-state index contributed by atoms with van der Waals surface area (Å²) in [5, 5.41) is 10.8. The minimum absolute atomic E-state index is 0.0946. The monoisotopic (exact) mass is 405 g/mol. The van der Waals surface area contributed by atoms with E-state index in [1.165, 1.54) is 24.4 Å². The first-order valence-corrected chi connectivity index (χ1v) is 8.86. The Bertz CT molecular complexity index is 949. The van der Waals surface area contributed by atoms with Crippen LogP contribution in [-0.4, -0.2) is 52.2 Å². The second-order valence-electron chi connectivity index (χ2n) is 6.22. The first kappa shape index (κ1) is 19.6. The maximum Gasteiger partial charge on any atom is 0.338 e. The zero-order chi connectivity index (χ0) is 20.3. The fraction of sp³-hybridized carbons (Fsp3) is 0.278. The SMILES string of the molecule is O=C(COC(=O)c1ccc(Cl)c([N+](=O)[O-])c1)c1c[nH]c(C(=O)N2CCCC2)c1. The number of esters is 1. The Labute approximate surface area is 164 Å². The number of nitrogens with one attached hydrogen (secondary N) is 1. The highest BCUT2D eigenvalue weighted by Gasteiger charge is 2.22. The predicted octanol–water partition coefficient (Wildman–Crippen LogP) is 2.85. The molecule has 1 aromatic heterocycles. The minimum Gasteiger partial charge on any atom is -0.454 e. The van der Waals surface area contributed by atoms with Crippen LogP contribution in [0.4, 0.5) is 5.69 Å². The maximum atomic E-state index is 12.3. The summed E-state index contributed by atoms with van der Waals surface area (Å²) in [5.74, 6) is -1.58. The van der Waals surface area contributed by atoms with Crippen molar-refractivity contribution < 1.29 is 24.0 Å². The average Bonchev–Trinajstić information content (AvgIpc) is 3.37. The van der Waals surface area contributed by atoms with Gasteiger partial charge in [-0.25, -0.2) is 4.79 Å². The van der Waals surface area contributed by atoms with Crippen molar-refractivity contribution in [2.45, 2.75) is 12.8 Å². The highest BCUT2D eigenvalue weighted by Crippen LogP contribution is 2.25. The molecule has 0 bridgehead atoms. The molecule has 1 saturated heterocycles. The van der Waals surface area contributed by atoms with Crippen molar-refractivity contribution in [2.24, 2.45) is 0 Å². The molecule has 1 aliphatic heterocycles. The molecule has 0 unspecified atom stereocenters. The van der Waals surface area contributed by atoms with Crippen LogP contribution in [0.2, 0.25) is 5.02 Å². The van der Waals surface area contributed by atoms with E-state index >= 15 is 0 Å². The van der Waals surface area contributed by atoms with Crippen LogP contribution < -0.4 is 0 Å². The standard InChI is InChI=1S/C18H16ClN3O6/c19-13-4-3-11(8-15(13)22(26)27)18(25)28-10-16(23)12-7-14(20-9-12)17(24)21-5-1-2-6-21/h3-4,7-9,20H,1-2,5-6,10H2. The van der Waals surface area contributed by atoms with Crippen molar-refractivity contribution in [1.82, 2.24) is 9.88 Å². The van der Waals surface area contributed by atoms with Crippen molar-refractivity contribution in [2.75, 3.05) is 19.7 Å². The molecule has 3 rings (SSSR count). The van der Waals surface area contributed by atoms with Crippen molar-refractivity contribution >= 4 is 34.9 Å². The summed E-state index contributed by atoms with van der Waals surface area (Å²) in [4.78, 5) is 51.2. The topological polar surface area (TPSA) is 123 Å². The molecule has 2 aromatic rings. The van der Waals surface area contributed by atoms with E-state index in [-0.39, 0.29) is 22.1 Å². The highest BCUT2D eigenvalue weighted by molar-refractivity contribution is 6.32. The molecule has 0 saturated carbocycles. The number of ketones is 1. The van der Waals surface area contributed by atoms with Crippen LogP contribution in [0.25, 0.3) is 0 Å². The zero-order valence-corrected chi connectivity index (χ0v) is 15.4. The van der Waals surface area contributed by atoms with Crippen molar-refractivity contribution in [1.29, 1.82) is 0 Å². The first-order chi connectivity index (χ1) is 13.4. The van der Waals surface area contributed by atoms with Gasteiger partial charge >= 0.3 is 5.97 Å². The Balaban J connectivity index is 1.61. The number of nitro benzene ring substituents is 1. The van der Waals surface area contributed by atoms with Crippen LogP contribution >= 0.6 is 11.6 Å². The lowest BCUT2D eigenvalue weighted by Crippen LogP contribution is -2.27. The van der Waals surface area contributed by atoms with E-state index in [0.29, 0.717) is 18.8 Å². The smallest absolute Gasteiger partial charge is 0.338 e. The van der Waals surface area contributed by atoms with Gasteiger partial charge in [0.05, 0.1) is 10.5 Å². The number of nitrogens with zero attached hydrogens (tertiary/aromatic N) is 2. The van der Waals surface area contributed by atoms with E-state index < -0.39 is 29.0 Å². The molecular formula is C18H16ClN3O6. The molecule has 2 heterocycles. The van der Waals surface area contributed by atoms with Gasteiger partial charge in [0.25, 0.3) is 11.6 Å². The summed E-state index contributed by atoms with van der Waals surface area (Å²) in [6.07, 6.45) is 3.29. The number of rotatable bonds is 6. The van der Waals surface area contributed by atoms with Crippen molar-refractivity contribution in [3.63, 3.8) is 0 Å². The molecule has 0 radical (unpaired) electrons. The van der Waals surface area contributed by atoms with Gasteiger partial charge in [0.15, 0.2) is 6.61 Å². The Morgan fingerprint density at radius 2 is 1.89 bits per heavy atom. The number of likely N-dealkylation sites (tertiary alicyclic amines) is 1. The lowest BCUT2D eigenvalue weighted by Gasteiger charge is -2.13. The van der Waals surface area contributed by atoms with Gasteiger partial charge in [0.2, 0.25) is 5.78 Å². The van der Waals surface area contributed by atoms with Gasteiger partial charge in [0.1, 0.15) is 10.7 Å². The molecule has 0 aliphatic carbocycles. The third-order valence-corrected chi connectivity index (χ3v) is 4.66. The number of benzene rings is 1. The zero-order valence-electron chi connectivity index (χ0n) is 14.6. The van der Waals surface area contributed by atoms with Gasteiger partial charge in [0, 0.05) is 30.9 Å². The first-order valence-electron chi connectivity index (χ1n) is 8.49. The largest absolute Gasteiger partial charge is 0.454 e. The van der Waals surface area contributed by atoms with Crippen molar-refractivity contribution in [3.8, 4) is 0 Å². The number of hydrogen-bond donors (Lipinski definition) is 1. The molecular weight excluding hydrogens is 390 g/mol. The predicted molar refractivity (Wildman–Crippen MR) is 98.6 cm³/mol. The maximum absolute atomic E-state index is 12.3. The van der Waals surface area contributed by atoms with Crippen LogP contribution in [0.15, 0.2) is 30.5 Å². The summed E-state index contributed by atoms with van der Waals surface area (Å²) >= 11 is 5.70. The number of carbonyl (C=O) groups excluding carboxylic acids is 3. The molecule has 0 atom stereocenters. The van der Waals surface area contributed by atoms with Gasteiger partial charge in [-0.1, -0.05) is 11.6 Å². The molecule has 1 aliphatic rings. The number of carbonyl (C=O) groups is 3. The molecule has 1 amide bonds. The molecule has 1 N–H and O–H groups in total. The molecule has 1 fully saturated rings. The molecule has 0 spiro atoms. The normalized spacial score (nSPS) is 13.4. The second kappa shape index (κ2) is 8.22. The summed E-state index contributed by atoms with van der Waals surface area (Å²) in [6, 6.07) is 4.88. The number of Topliss-reactive ketones (excluding diaryl/α,β-unsaturated/α-hetero) is 1.